The van der Waals surface area contributed by atoms with Gasteiger partial charge >= 0.3 is 18.3 Å². The summed E-state index contributed by atoms with van der Waals surface area (Å²) in [5.41, 5.74) is -2.98. The molecule has 0 bridgehead atoms. The highest BCUT2D eigenvalue weighted by atomic mass is 19.4. The van der Waals surface area contributed by atoms with Gasteiger partial charge in [0.1, 0.15) is 5.82 Å². The number of carbonyl (C=O) groups is 1. The Morgan fingerprint density at radius 2 is 1.59 bits per heavy atom. The van der Waals surface area contributed by atoms with Crippen molar-refractivity contribution in [3.05, 3.63) is 106 Å². The van der Waals surface area contributed by atoms with Crippen LogP contribution in [0, 0.1) is 5.82 Å². The van der Waals surface area contributed by atoms with Crippen molar-refractivity contribution < 1.29 is 45.0 Å². The lowest BCUT2D eigenvalue weighted by Crippen LogP contribution is -2.46. The highest BCUT2D eigenvalue weighted by Gasteiger charge is 2.41. The van der Waals surface area contributed by atoms with Crippen LogP contribution >= 0.6 is 0 Å². The number of hydrogen-bond acceptors (Lipinski definition) is 4. The zero-order chi connectivity index (χ0) is 26.8. The highest BCUT2D eigenvalue weighted by Crippen LogP contribution is 2.38. The molecule has 1 fully saturated rings. The number of benzene rings is 3. The van der Waals surface area contributed by atoms with Crippen molar-refractivity contribution in [3.63, 3.8) is 0 Å². The molecule has 1 aliphatic rings. The summed E-state index contributed by atoms with van der Waals surface area (Å²) >= 11 is 0. The number of morpholine rings is 1. The van der Waals surface area contributed by atoms with E-state index in [0.717, 1.165) is 17.7 Å². The molecule has 1 aliphatic heterocycles. The average molecular weight is 527 g/mol. The summed E-state index contributed by atoms with van der Waals surface area (Å²) in [6, 6.07) is 14.0. The number of carbonyl (C=O) groups excluding carboxylic acids is 1. The Labute approximate surface area is 207 Å². The van der Waals surface area contributed by atoms with Crippen molar-refractivity contribution in [3.8, 4) is 0 Å². The van der Waals surface area contributed by atoms with E-state index in [4.69, 9.17) is 9.47 Å². The molecule has 3 aromatic carbocycles. The molecule has 2 atom stereocenters. The van der Waals surface area contributed by atoms with E-state index in [2.05, 4.69) is 0 Å². The van der Waals surface area contributed by atoms with Crippen molar-refractivity contribution in [1.82, 2.24) is 4.90 Å². The van der Waals surface area contributed by atoms with Crippen LogP contribution in [0.25, 0.3) is 0 Å². The van der Waals surface area contributed by atoms with Crippen LogP contribution in [-0.4, -0.2) is 30.3 Å². The van der Waals surface area contributed by atoms with Crippen LogP contribution in [0.15, 0.2) is 72.8 Å². The van der Waals surface area contributed by atoms with Crippen molar-refractivity contribution in [2.45, 2.75) is 31.2 Å². The van der Waals surface area contributed by atoms with E-state index in [1.807, 2.05) is 35.2 Å². The van der Waals surface area contributed by atoms with Gasteiger partial charge in [0.25, 0.3) is 0 Å². The minimum absolute atomic E-state index is 0.0250. The van der Waals surface area contributed by atoms with Gasteiger partial charge in [0, 0.05) is 13.1 Å². The SMILES string of the molecule is O=C(OC1OCCN(Cc2ccccc2)C1c1ccc(F)cc1)c1cc(C(F)(F)F)ccc1C(F)(F)F. The summed E-state index contributed by atoms with van der Waals surface area (Å²) in [7, 11) is 0. The second-order valence-electron chi connectivity index (χ2n) is 8.35. The van der Waals surface area contributed by atoms with E-state index >= 15 is 0 Å². The average Bonchev–Trinajstić information content (AvgIpc) is 2.84. The molecule has 0 amide bonds. The summed E-state index contributed by atoms with van der Waals surface area (Å²) in [6.07, 6.45) is -11.6. The quantitative estimate of drug-likeness (QED) is 0.276. The van der Waals surface area contributed by atoms with Crippen LogP contribution in [0.3, 0.4) is 0 Å². The molecule has 0 N–H and O–H groups in total. The molecule has 1 saturated heterocycles. The number of esters is 1. The van der Waals surface area contributed by atoms with Crippen molar-refractivity contribution in [2.75, 3.05) is 13.2 Å². The Hall–Kier alpha value is -3.44. The zero-order valence-electron chi connectivity index (χ0n) is 19.0. The summed E-state index contributed by atoms with van der Waals surface area (Å²) < 4.78 is 105. The van der Waals surface area contributed by atoms with Gasteiger partial charge in [-0.15, -0.1) is 0 Å². The number of hydrogen-bond donors (Lipinski definition) is 0. The van der Waals surface area contributed by atoms with Crippen molar-refractivity contribution >= 4 is 5.97 Å². The third-order valence-electron chi connectivity index (χ3n) is 5.85. The van der Waals surface area contributed by atoms with Crippen LogP contribution in [0.2, 0.25) is 0 Å². The van der Waals surface area contributed by atoms with Crippen LogP contribution in [0.1, 0.15) is 38.7 Å². The van der Waals surface area contributed by atoms with Gasteiger partial charge in [-0.05, 0) is 41.5 Å². The molecular weight excluding hydrogens is 507 g/mol. The number of ether oxygens (including phenoxy) is 2. The number of rotatable bonds is 5. The lowest BCUT2D eigenvalue weighted by atomic mass is 10.0. The van der Waals surface area contributed by atoms with Gasteiger partial charge in [-0.3, -0.25) is 4.90 Å². The number of nitrogens with zero attached hydrogens (tertiary/aromatic N) is 1. The van der Waals surface area contributed by atoms with Gasteiger partial charge in [-0.2, -0.15) is 26.3 Å². The van der Waals surface area contributed by atoms with E-state index in [1.54, 1.807) is 0 Å². The van der Waals surface area contributed by atoms with Crippen LogP contribution in [0.4, 0.5) is 30.7 Å². The minimum Gasteiger partial charge on any atom is -0.430 e. The van der Waals surface area contributed by atoms with Gasteiger partial charge in [-0.25, -0.2) is 9.18 Å². The first kappa shape index (κ1) is 26.6. The smallest absolute Gasteiger partial charge is 0.417 e. The Kier molecular flexibility index (Phi) is 7.56. The number of alkyl halides is 6. The van der Waals surface area contributed by atoms with E-state index in [-0.39, 0.29) is 24.8 Å². The molecule has 2 unspecified atom stereocenters. The van der Waals surface area contributed by atoms with Gasteiger partial charge in [0.2, 0.25) is 6.29 Å². The predicted molar refractivity (Wildman–Crippen MR) is 118 cm³/mol. The maximum Gasteiger partial charge on any atom is 0.417 e. The number of halogens is 7. The fraction of sp³-hybridized carbons (Fsp3) is 0.269. The largest absolute Gasteiger partial charge is 0.430 e. The van der Waals surface area contributed by atoms with Gasteiger partial charge in [-0.1, -0.05) is 42.5 Å². The summed E-state index contributed by atoms with van der Waals surface area (Å²) in [6.45, 7) is 0.692. The molecule has 0 aromatic heterocycles. The standard InChI is InChI=1S/C26H20F7NO3/c27-19-9-6-17(7-10-19)22-24(36-13-12-34(22)15-16-4-2-1-3-5-16)37-23(35)20-14-18(25(28,29)30)8-11-21(20)26(31,32)33/h1-11,14,22,24H,12-13,15H2. The fourth-order valence-electron chi connectivity index (χ4n) is 4.12. The molecule has 196 valence electrons. The summed E-state index contributed by atoms with van der Waals surface area (Å²) in [4.78, 5) is 14.7. The molecule has 37 heavy (non-hydrogen) atoms. The van der Waals surface area contributed by atoms with Gasteiger partial charge in [0.15, 0.2) is 0 Å². The van der Waals surface area contributed by atoms with Crippen LogP contribution in [-0.2, 0) is 28.4 Å². The summed E-state index contributed by atoms with van der Waals surface area (Å²) in [5, 5.41) is 0. The topological polar surface area (TPSA) is 38.8 Å². The molecule has 4 nitrogen and oxygen atoms in total. The monoisotopic (exact) mass is 527 g/mol. The Balaban J connectivity index is 1.69. The third kappa shape index (κ3) is 6.28. The van der Waals surface area contributed by atoms with Gasteiger partial charge < -0.3 is 9.47 Å². The molecule has 3 aromatic rings. The summed E-state index contributed by atoms with van der Waals surface area (Å²) in [5.74, 6) is -2.17. The molecule has 4 rings (SSSR count). The minimum atomic E-state index is -5.11. The Bertz CT molecular complexity index is 1230. The zero-order valence-corrected chi connectivity index (χ0v) is 19.0. The second-order valence-corrected chi connectivity index (χ2v) is 8.35. The molecule has 0 spiro atoms. The maximum atomic E-state index is 13.6. The van der Waals surface area contributed by atoms with E-state index in [1.165, 1.54) is 12.1 Å². The van der Waals surface area contributed by atoms with E-state index < -0.39 is 53.2 Å². The van der Waals surface area contributed by atoms with Crippen molar-refractivity contribution in [2.24, 2.45) is 0 Å². The fourth-order valence-corrected chi connectivity index (χ4v) is 4.12. The first-order valence-corrected chi connectivity index (χ1v) is 11.1. The predicted octanol–water partition coefficient (Wildman–Crippen LogP) is 6.62. The molecular formula is C26H20F7NO3. The molecule has 0 saturated carbocycles. The van der Waals surface area contributed by atoms with E-state index in [9.17, 15) is 35.5 Å². The molecule has 0 aliphatic carbocycles. The normalized spacial score (nSPS) is 19.0. The Morgan fingerprint density at radius 1 is 0.919 bits per heavy atom. The Morgan fingerprint density at radius 3 is 2.22 bits per heavy atom. The first-order chi connectivity index (χ1) is 17.4. The van der Waals surface area contributed by atoms with Crippen LogP contribution < -0.4 is 0 Å². The third-order valence-corrected chi connectivity index (χ3v) is 5.85. The molecule has 11 heteroatoms. The maximum absolute atomic E-state index is 13.6. The van der Waals surface area contributed by atoms with Crippen LogP contribution in [0.5, 0.6) is 0 Å². The van der Waals surface area contributed by atoms with Gasteiger partial charge in [0.05, 0.1) is 29.3 Å². The van der Waals surface area contributed by atoms with Crippen molar-refractivity contribution in [1.29, 1.82) is 0 Å². The second kappa shape index (κ2) is 10.5. The highest BCUT2D eigenvalue weighted by molar-refractivity contribution is 5.91. The lowest BCUT2D eigenvalue weighted by molar-refractivity contribution is -0.186. The molecule has 0 radical (unpaired) electrons. The molecule has 1 heterocycles. The van der Waals surface area contributed by atoms with E-state index in [0.29, 0.717) is 18.7 Å². The first-order valence-electron chi connectivity index (χ1n) is 11.1. The lowest BCUT2D eigenvalue weighted by Gasteiger charge is -2.40.